The van der Waals surface area contributed by atoms with Gasteiger partial charge in [0.05, 0.1) is 6.54 Å². The zero-order chi connectivity index (χ0) is 21.5. The summed E-state index contributed by atoms with van der Waals surface area (Å²) in [4.78, 5) is 26.4. The molecule has 5 nitrogen and oxygen atoms in total. The molecule has 0 heterocycles. The van der Waals surface area contributed by atoms with Gasteiger partial charge in [-0.25, -0.2) is 0 Å². The van der Waals surface area contributed by atoms with E-state index in [0.717, 1.165) is 28.1 Å². The Bertz CT molecular complexity index is 1010. The Labute approximate surface area is 177 Å². The van der Waals surface area contributed by atoms with E-state index in [1.807, 2.05) is 74.5 Å². The predicted octanol–water partition coefficient (Wildman–Crippen LogP) is 4.59. The Morgan fingerprint density at radius 3 is 2.33 bits per heavy atom. The van der Waals surface area contributed by atoms with E-state index in [2.05, 4.69) is 5.32 Å². The summed E-state index contributed by atoms with van der Waals surface area (Å²) < 4.78 is 5.72. The van der Waals surface area contributed by atoms with Crippen LogP contribution in [0.1, 0.15) is 27.0 Å². The van der Waals surface area contributed by atoms with Crippen LogP contribution in [0.15, 0.2) is 72.8 Å². The largest absolute Gasteiger partial charge is 0.489 e. The third-order valence-corrected chi connectivity index (χ3v) is 4.74. The first-order valence-corrected chi connectivity index (χ1v) is 9.82. The molecule has 3 rings (SSSR count). The number of anilines is 1. The summed E-state index contributed by atoms with van der Waals surface area (Å²) in [5.74, 6) is 0.362. The van der Waals surface area contributed by atoms with Gasteiger partial charge in [-0.1, -0.05) is 42.5 Å². The van der Waals surface area contributed by atoms with Crippen molar-refractivity contribution in [1.82, 2.24) is 4.90 Å². The lowest BCUT2D eigenvalue weighted by atomic mass is 10.1. The zero-order valence-corrected chi connectivity index (χ0v) is 17.5. The quantitative estimate of drug-likeness (QED) is 0.629. The smallest absolute Gasteiger partial charge is 0.254 e. The molecule has 0 saturated carbocycles. The van der Waals surface area contributed by atoms with Gasteiger partial charge in [-0.2, -0.15) is 0 Å². The van der Waals surface area contributed by atoms with Crippen LogP contribution in [0.4, 0.5) is 5.69 Å². The molecule has 5 heteroatoms. The molecule has 1 N–H and O–H groups in total. The molecule has 0 fully saturated rings. The number of hydrogen-bond acceptors (Lipinski definition) is 3. The molecule has 2 amide bonds. The Hall–Kier alpha value is -3.60. The lowest BCUT2D eigenvalue weighted by Crippen LogP contribution is -2.35. The molecule has 154 valence electrons. The Morgan fingerprint density at radius 2 is 1.63 bits per heavy atom. The molecule has 0 atom stereocenters. The molecule has 0 aromatic heterocycles. The van der Waals surface area contributed by atoms with Gasteiger partial charge in [0.2, 0.25) is 5.91 Å². The highest BCUT2D eigenvalue weighted by molar-refractivity contribution is 5.99. The number of benzene rings is 3. The van der Waals surface area contributed by atoms with Gasteiger partial charge in [0.25, 0.3) is 5.91 Å². The molecule has 0 unspecified atom stereocenters. The number of carbonyl (C=O) groups is 2. The molecule has 0 spiro atoms. The molecule has 30 heavy (non-hydrogen) atoms. The maximum Gasteiger partial charge on any atom is 0.254 e. The van der Waals surface area contributed by atoms with Crippen molar-refractivity contribution in [2.24, 2.45) is 0 Å². The average Bonchev–Trinajstić information content (AvgIpc) is 2.75. The van der Waals surface area contributed by atoms with E-state index in [9.17, 15) is 9.59 Å². The van der Waals surface area contributed by atoms with Crippen molar-refractivity contribution >= 4 is 17.5 Å². The highest BCUT2D eigenvalue weighted by atomic mass is 16.5. The van der Waals surface area contributed by atoms with Crippen LogP contribution in [-0.4, -0.2) is 30.3 Å². The number of ether oxygens (including phenoxy) is 1. The minimum Gasteiger partial charge on any atom is -0.489 e. The molecule has 3 aromatic carbocycles. The number of para-hydroxylation sites is 1. The van der Waals surface area contributed by atoms with Crippen LogP contribution < -0.4 is 10.1 Å². The molecule has 0 aliphatic heterocycles. The van der Waals surface area contributed by atoms with E-state index < -0.39 is 0 Å². The van der Waals surface area contributed by atoms with E-state index >= 15 is 0 Å². The summed E-state index contributed by atoms with van der Waals surface area (Å²) in [5.41, 5.74) is 4.31. The zero-order valence-electron chi connectivity index (χ0n) is 17.5. The molecular formula is C25H26N2O3. The van der Waals surface area contributed by atoms with Crippen LogP contribution in [0, 0.1) is 13.8 Å². The van der Waals surface area contributed by atoms with Crippen LogP contribution in [-0.2, 0) is 11.4 Å². The summed E-state index contributed by atoms with van der Waals surface area (Å²) in [6.07, 6.45) is 0. The second-order valence-corrected chi connectivity index (χ2v) is 7.33. The number of likely N-dealkylation sites (N-methyl/N-ethyl adjacent to an activating group) is 1. The van der Waals surface area contributed by atoms with Crippen LogP contribution in [0.25, 0.3) is 0 Å². The number of carbonyl (C=O) groups excluding carboxylic acids is 2. The van der Waals surface area contributed by atoms with Crippen LogP contribution in [0.3, 0.4) is 0 Å². The number of rotatable bonds is 7. The first-order valence-electron chi connectivity index (χ1n) is 9.82. The predicted molar refractivity (Wildman–Crippen MR) is 119 cm³/mol. The standard InChI is InChI=1S/C25H26N2O3/c1-18-9-10-19(2)23(15-18)26-24(28)16-27(3)25(29)21-13-11-20(12-14-21)17-30-22-7-5-4-6-8-22/h4-15H,16-17H2,1-3H3,(H,26,28). The fourth-order valence-electron chi connectivity index (χ4n) is 2.99. The van der Waals surface area contributed by atoms with Gasteiger partial charge in [0, 0.05) is 18.3 Å². The van der Waals surface area contributed by atoms with Crippen LogP contribution in [0.5, 0.6) is 5.75 Å². The summed E-state index contributed by atoms with van der Waals surface area (Å²) in [6.45, 7) is 4.31. The minimum absolute atomic E-state index is 0.0227. The van der Waals surface area contributed by atoms with E-state index in [-0.39, 0.29) is 18.4 Å². The first kappa shape index (κ1) is 21.1. The van der Waals surface area contributed by atoms with Gasteiger partial charge in [0.15, 0.2) is 0 Å². The van der Waals surface area contributed by atoms with Crippen molar-refractivity contribution in [2.75, 3.05) is 18.9 Å². The van der Waals surface area contributed by atoms with Crippen molar-refractivity contribution < 1.29 is 14.3 Å². The summed E-state index contributed by atoms with van der Waals surface area (Å²) in [6, 6.07) is 22.7. The molecule has 0 bridgehead atoms. The monoisotopic (exact) mass is 402 g/mol. The SMILES string of the molecule is Cc1ccc(C)c(NC(=O)CN(C)C(=O)c2ccc(COc3ccccc3)cc2)c1. The highest BCUT2D eigenvalue weighted by Gasteiger charge is 2.15. The van der Waals surface area contributed by atoms with Gasteiger partial charge >= 0.3 is 0 Å². The van der Waals surface area contributed by atoms with E-state index in [1.54, 1.807) is 19.2 Å². The van der Waals surface area contributed by atoms with Gasteiger partial charge in [-0.3, -0.25) is 9.59 Å². The Kier molecular flexibility index (Phi) is 6.86. The summed E-state index contributed by atoms with van der Waals surface area (Å²) >= 11 is 0. The van der Waals surface area contributed by atoms with Crippen LogP contribution in [0.2, 0.25) is 0 Å². The van der Waals surface area contributed by atoms with Crippen molar-refractivity contribution in [3.63, 3.8) is 0 Å². The maximum absolute atomic E-state index is 12.7. The fourth-order valence-corrected chi connectivity index (χ4v) is 2.99. The third kappa shape index (κ3) is 5.70. The lowest BCUT2D eigenvalue weighted by Gasteiger charge is -2.18. The molecule has 0 aliphatic carbocycles. The number of nitrogens with zero attached hydrogens (tertiary/aromatic N) is 1. The molecule has 0 aliphatic rings. The Morgan fingerprint density at radius 1 is 0.933 bits per heavy atom. The van der Waals surface area contributed by atoms with Crippen molar-refractivity contribution in [1.29, 1.82) is 0 Å². The summed E-state index contributed by atoms with van der Waals surface area (Å²) in [5, 5.41) is 2.88. The van der Waals surface area contributed by atoms with Crippen LogP contribution >= 0.6 is 0 Å². The fraction of sp³-hybridized carbons (Fsp3) is 0.200. The third-order valence-electron chi connectivity index (χ3n) is 4.74. The average molecular weight is 402 g/mol. The van der Waals surface area contributed by atoms with Gasteiger partial charge < -0.3 is 15.0 Å². The highest BCUT2D eigenvalue weighted by Crippen LogP contribution is 2.17. The first-order chi connectivity index (χ1) is 14.4. The number of aryl methyl sites for hydroxylation is 2. The molecule has 0 radical (unpaired) electrons. The maximum atomic E-state index is 12.7. The van der Waals surface area contributed by atoms with Crippen molar-refractivity contribution in [3.05, 3.63) is 95.1 Å². The summed E-state index contributed by atoms with van der Waals surface area (Å²) in [7, 11) is 1.62. The molecule has 3 aromatic rings. The van der Waals surface area contributed by atoms with Gasteiger partial charge in [-0.05, 0) is 60.9 Å². The Balaban J connectivity index is 1.54. The van der Waals surface area contributed by atoms with Gasteiger partial charge in [0.1, 0.15) is 12.4 Å². The topological polar surface area (TPSA) is 58.6 Å². The van der Waals surface area contributed by atoms with E-state index in [4.69, 9.17) is 4.74 Å². The number of amides is 2. The van der Waals surface area contributed by atoms with Crippen molar-refractivity contribution in [2.45, 2.75) is 20.5 Å². The normalized spacial score (nSPS) is 10.4. The number of hydrogen-bond donors (Lipinski definition) is 1. The second kappa shape index (κ2) is 9.74. The molecular weight excluding hydrogens is 376 g/mol. The van der Waals surface area contributed by atoms with E-state index in [1.165, 1.54) is 4.90 Å². The van der Waals surface area contributed by atoms with E-state index in [0.29, 0.717) is 12.2 Å². The van der Waals surface area contributed by atoms with Crippen molar-refractivity contribution in [3.8, 4) is 5.75 Å². The minimum atomic E-state index is -0.229. The second-order valence-electron chi connectivity index (χ2n) is 7.33. The lowest BCUT2D eigenvalue weighted by molar-refractivity contribution is -0.116. The molecule has 0 saturated heterocycles. The van der Waals surface area contributed by atoms with Gasteiger partial charge in [-0.15, -0.1) is 0 Å². The number of nitrogens with one attached hydrogen (secondary N) is 1.